The minimum absolute atomic E-state index is 0.00482. The van der Waals surface area contributed by atoms with Gasteiger partial charge in [-0.1, -0.05) is 12.1 Å². The van der Waals surface area contributed by atoms with E-state index in [0.717, 1.165) is 36.0 Å². The molecule has 130 valence electrons. The van der Waals surface area contributed by atoms with Gasteiger partial charge in [0.1, 0.15) is 0 Å². The third-order valence-corrected chi connectivity index (χ3v) is 4.84. The highest BCUT2D eigenvalue weighted by atomic mass is 16.5. The fourth-order valence-corrected chi connectivity index (χ4v) is 3.45. The van der Waals surface area contributed by atoms with Crippen LogP contribution < -0.4 is 5.32 Å². The molecule has 7 nitrogen and oxygen atoms in total. The quantitative estimate of drug-likeness (QED) is 0.745. The van der Waals surface area contributed by atoms with E-state index >= 15 is 0 Å². The van der Waals surface area contributed by atoms with E-state index in [2.05, 4.69) is 32.3 Å². The van der Waals surface area contributed by atoms with Crippen LogP contribution in [0.3, 0.4) is 0 Å². The van der Waals surface area contributed by atoms with Crippen LogP contribution in [0.5, 0.6) is 0 Å². The maximum Gasteiger partial charge on any atom is 0.316 e. The standard InChI is InChI=1S/C18H21N5O2/c1-2-23-9-3-4-14(23)11-20-17(24)18-21-16(22-25-18)13-5-6-15-12(10-13)7-8-19-15/h5-8,10,14,19H,2-4,9,11H2,1H3,(H,20,24). The number of likely N-dealkylation sites (tertiary alicyclic amines) is 1. The second kappa shape index (κ2) is 6.68. The Kier molecular flexibility index (Phi) is 4.23. The first-order valence-electron chi connectivity index (χ1n) is 8.68. The summed E-state index contributed by atoms with van der Waals surface area (Å²) >= 11 is 0. The number of aromatic amines is 1. The van der Waals surface area contributed by atoms with Gasteiger partial charge in [0.15, 0.2) is 0 Å². The number of hydrogen-bond acceptors (Lipinski definition) is 5. The number of likely N-dealkylation sites (N-methyl/N-ethyl adjacent to an activating group) is 1. The van der Waals surface area contributed by atoms with Gasteiger partial charge in [-0.05, 0) is 50.2 Å². The zero-order valence-electron chi connectivity index (χ0n) is 14.2. The van der Waals surface area contributed by atoms with E-state index in [-0.39, 0.29) is 11.8 Å². The lowest BCUT2D eigenvalue weighted by Gasteiger charge is -2.22. The molecular weight excluding hydrogens is 318 g/mol. The molecule has 3 heterocycles. The van der Waals surface area contributed by atoms with Crippen molar-refractivity contribution in [3.8, 4) is 11.4 Å². The molecule has 0 radical (unpaired) electrons. The van der Waals surface area contributed by atoms with Gasteiger partial charge in [0.25, 0.3) is 0 Å². The molecule has 4 rings (SSSR count). The number of amides is 1. The normalized spacial score (nSPS) is 18.0. The summed E-state index contributed by atoms with van der Waals surface area (Å²) in [4.78, 5) is 22.0. The van der Waals surface area contributed by atoms with E-state index in [1.807, 2.05) is 30.5 Å². The molecule has 3 aromatic rings. The summed E-state index contributed by atoms with van der Waals surface area (Å²) in [6.07, 6.45) is 4.17. The van der Waals surface area contributed by atoms with E-state index in [1.54, 1.807) is 0 Å². The Morgan fingerprint density at radius 3 is 3.24 bits per heavy atom. The summed E-state index contributed by atoms with van der Waals surface area (Å²) in [7, 11) is 0. The van der Waals surface area contributed by atoms with Gasteiger partial charge >= 0.3 is 11.8 Å². The van der Waals surface area contributed by atoms with Gasteiger partial charge in [0.2, 0.25) is 5.82 Å². The molecule has 1 fully saturated rings. The Morgan fingerprint density at radius 2 is 2.36 bits per heavy atom. The van der Waals surface area contributed by atoms with Crippen molar-refractivity contribution in [1.82, 2.24) is 25.3 Å². The maximum atomic E-state index is 12.3. The third-order valence-electron chi connectivity index (χ3n) is 4.84. The number of carbonyl (C=O) groups excluding carboxylic acids is 1. The summed E-state index contributed by atoms with van der Waals surface area (Å²) in [5.74, 6) is 0.110. The second-order valence-electron chi connectivity index (χ2n) is 6.34. The van der Waals surface area contributed by atoms with Gasteiger partial charge < -0.3 is 14.8 Å². The molecule has 0 spiro atoms. The van der Waals surface area contributed by atoms with Crippen LogP contribution >= 0.6 is 0 Å². The summed E-state index contributed by atoms with van der Waals surface area (Å²) in [5.41, 5.74) is 1.87. The lowest BCUT2D eigenvalue weighted by atomic mass is 10.1. The molecule has 1 amide bonds. The molecule has 1 unspecified atom stereocenters. The molecule has 0 bridgehead atoms. The Balaban J connectivity index is 1.44. The van der Waals surface area contributed by atoms with Crippen LogP contribution in [0.15, 0.2) is 35.0 Å². The smallest absolute Gasteiger partial charge is 0.316 e. The van der Waals surface area contributed by atoms with Gasteiger partial charge in [0.05, 0.1) is 0 Å². The van der Waals surface area contributed by atoms with Crippen LogP contribution in [0, 0.1) is 0 Å². The van der Waals surface area contributed by atoms with Crippen LogP contribution in [-0.2, 0) is 0 Å². The van der Waals surface area contributed by atoms with Crippen molar-refractivity contribution in [3.63, 3.8) is 0 Å². The Hall–Kier alpha value is -2.67. The topological polar surface area (TPSA) is 87.0 Å². The number of aromatic nitrogens is 3. The number of nitrogens with zero attached hydrogens (tertiary/aromatic N) is 3. The fourth-order valence-electron chi connectivity index (χ4n) is 3.45. The number of nitrogens with one attached hydrogen (secondary N) is 2. The van der Waals surface area contributed by atoms with E-state index < -0.39 is 0 Å². The number of benzene rings is 1. The third kappa shape index (κ3) is 3.15. The Labute approximate surface area is 145 Å². The molecule has 2 N–H and O–H groups in total. The number of fused-ring (bicyclic) bond motifs is 1. The fraction of sp³-hybridized carbons (Fsp3) is 0.389. The molecular formula is C18H21N5O2. The SMILES string of the molecule is CCN1CCCC1CNC(=O)c1nc(-c2ccc3[nH]ccc3c2)no1. The van der Waals surface area contributed by atoms with Crippen molar-refractivity contribution in [3.05, 3.63) is 36.4 Å². The summed E-state index contributed by atoms with van der Waals surface area (Å²) in [6, 6.07) is 8.21. The number of hydrogen-bond donors (Lipinski definition) is 2. The minimum atomic E-state index is -0.315. The second-order valence-corrected chi connectivity index (χ2v) is 6.34. The molecule has 0 saturated carbocycles. The van der Waals surface area contributed by atoms with Crippen molar-refractivity contribution >= 4 is 16.8 Å². The van der Waals surface area contributed by atoms with E-state index in [0.29, 0.717) is 18.4 Å². The molecule has 1 saturated heterocycles. The zero-order chi connectivity index (χ0) is 17.2. The first-order valence-corrected chi connectivity index (χ1v) is 8.68. The number of H-pyrrole nitrogens is 1. The summed E-state index contributed by atoms with van der Waals surface area (Å²) < 4.78 is 5.15. The lowest BCUT2D eigenvalue weighted by Crippen LogP contribution is -2.40. The minimum Gasteiger partial charge on any atom is -0.361 e. The predicted molar refractivity (Wildman–Crippen MR) is 94.2 cm³/mol. The molecule has 1 aliphatic rings. The Bertz CT molecular complexity index is 884. The van der Waals surface area contributed by atoms with Gasteiger partial charge in [-0.15, -0.1) is 0 Å². The number of carbonyl (C=O) groups is 1. The van der Waals surface area contributed by atoms with Crippen molar-refractivity contribution in [2.45, 2.75) is 25.8 Å². The van der Waals surface area contributed by atoms with Crippen molar-refractivity contribution < 1.29 is 9.32 Å². The molecule has 0 aliphatic carbocycles. The monoisotopic (exact) mass is 339 g/mol. The largest absolute Gasteiger partial charge is 0.361 e. The zero-order valence-corrected chi connectivity index (χ0v) is 14.2. The molecule has 2 aromatic heterocycles. The van der Waals surface area contributed by atoms with Crippen molar-refractivity contribution in [2.75, 3.05) is 19.6 Å². The van der Waals surface area contributed by atoms with Crippen LogP contribution in [0.25, 0.3) is 22.3 Å². The molecule has 25 heavy (non-hydrogen) atoms. The molecule has 7 heteroatoms. The van der Waals surface area contributed by atoms with Crippen molar-refractivity contribution in [2.24, 2.45) is 0 Å². The summed E-state index contributed by atoms with van der Waals surface area (Å²) in [5, 5.41) is 7.92. The summed E-state index contributed by atoms with van der Waals surface area (Å²) in [6.45, 7) is 4.86. The van der Waals surface area contributed by atoms with Crippen LogP contribution in [0.4, 0.5) is 0 Å². The van der Waals surface area contributed by atoms with Gasteiger partial charge in [0, 0.05) is 35.2 Å². The Morgan fingerprint density at radius 1 is 1.44 bits per heavy atom. The highest BCUT2D eigenvalue weighted by molar-refractivity contribution is 5.90. The predicted octanol–water partition coefficient (Wildman–Crippen LogP) is 2.43. The van der Waals surface area contributed by atoms with Crippen LogP contribution in [0.1, 0.15) is 30.5 Å². The van der Waals surface area contributed by atoms with Crippen molar-refractivity contribution in [1.29, 1.82) is 0 Å². The lowest BCUT2D eigenvalue weighted by molar-refractivity contribution is 0.0897. The van der Waals surface area contributed by atoms with Gasteiger partial charge in [-0.3, -0.25) is 9.69 Å². The number of rotatable bonds is 5. The molecule has 1 atom stereocenters. The average Bonchev–Trinajstić information content (AvgIpc) is 3.38. The van der Waals surface area contributed by atoms with E-state index in [1.165, 1.54) is 6.42 Å². The molecule has 1 aliphatic heterocycles. The highest BCUT2D eigenvalue weighted by Gasteiger charge is 2.24. The first kappa shape index (κ1) is 15.8. The average molecular weight is 339 g/mol. The van der Waals surface area contributed by atoms with Gasteiger partial charge in [-0.25, -0.2) is 0 Å². The molecule has 1 aromatic carbocycles. The van der Waals surface area contributed by atoms with Crippen LogP contribution in [-0.4, -0.2) is 51.6 Å². The van der Waals surface area contributed by atoms with Crippen LogP contribution in [0.2, 0.25) is 0 Å². The van der Waals surface area contributed by atoms with E-state index in [4.69, 9.17) is 4.52 Å². The van der Waals surface area contributed by atoms with E-state index in [9.17, 15) is 4.79 Å². The highest BCUT2D eigenvalue weighted by Crippen LogP contribution is 2.21. The first-order chi connectivity index (χ1) is 12.2. The van der Waals surface area contributed by atoms with Gasteiger partial charge in [-0.2, -0.15) is 4.98 Å². The maximum absolute atomic E-state index is 12.3.